The Labute approximate surface area is 123 Å². The predicted molar refractivity (Wildman–Crippen MR) is 81.5 cm³/mol. The molecule has 2 heterocycles. The molecule has 4 heteroatoms. The molecule has 2 aromatic rings. The third-order valence-electron chi connectivity index (χ3n) is 2.94. The topological polar surface area (TPSA) is 36.6 Å². The van der Waals surface area contributed by atoms with Crippen LogP contribution in [0.1, 0.15) is 27.5 Å². The molecular formula is C16H19NO2S. The van der Waals surface area contributed by atoms with Crippen LogP contribution < -0.4 is 0 Å². The summed E-state index contributed by atoms with van der Waals surface area (Å²) in [6, 6.07) is 6.18. The Bertz CT molecular complexity index is 603. The third kappa shape index (κ3) is 4.24. The second-order valence-electron chi connectivity index (χ2n) is 4.72. The molecule has 20 heavy (non-hydrogen) atoms. The molecule has 0 saturated carbocycles. The Balaban J connectivity index is 1.90. The molecule has 0 amide bonds. The first kappa shape index (κ1) is 14.9. The van der Waals surface area contributed by atoms with Crippen LogP contribution in [0.2, 0.25) is 0 Å². The van der Waals surface area contributed by atoms with Gasteiger partial charge < -0.3 is 9.52 Å². The summed E-state index contributed by atoms with van der Waals surface area (Å²) in [6.45, 7) is 3.89. The van der Waals surface area contributed by atoms with Crippen molar-refractivity contribution < 1.29 is 9.52 Å². The highest BCUT2D eigenvalue weighted by Gasteiger charge is 2.07. The van der Waals surface area contributed by atoms with Crippen molar-refractivity contribution in [2.75, 3.05) is 13.7 Å². The van der Waals surface area contributed by atoms with Crippen LogP contribution in [0.4, 0.5) is 0 Å². The minimum atomic E-state index is 0.123. The van der Waals surface area contributed by atoms with E-state index in [0.29, 0.717) is 6.42 Å². The molecule has 0 bridgehead atoms. The van der Waals surface area contributed by atoms with E-state index < -0.39 is 0 Å². The van der Waals surface area contributed by atoms with E-state index in [1.807, 2.05) is 19.1 Å². The second kappa shape index (κ2) is 7.30. The summed E-state index contributed by atoms with van der Waals surface area (Å²) in [7, 11) is 2.10. The van der Waals surface area contributed by atoms with Gasteiger partial charge in [0.25, 0.3) is 0 Å². The van der Waals surface area contributed by atoms with Crippen LogP contribution in [-0.2, 0) is 13.1 Å². The van der Waals surface area contributed by atoms with Crippen LogP contribution in [0.3, 0.4) is 0 Å². The minimum Gasteiger partial charge on any atom is -0.469 e. The van der Waals surface area contributed by atoms with Gasteiger partial charge in [0, 0.05) is 30.0 Å². The van der Waals surface area contributed by atoms with E-state index in [1.54, 1.807) is 17.6 Å². The largest absolute Gasteiger partial charge is 0.469 e. The first-order valence-corrected chi connectivity index (χ1v) is 7.40. The summed E-state index contributed by atoms with van der Waals surface area (Å²) < 4.78 is 5.31. The maximum absolute atomic E-state index is 8.70. The zero-order valence-electron chi connectivity index (χ0n) is 11.8. The molecule has 2 rings (SSSR count). The molecule has 0 aliphatic carbocycles. The van der Waals surface area contributed by atoms with Crippen molar-refractivity contribution in [2.24, 2.45) is 0 Å². The fourth-order valence-corrected chi connectivity index (χ4v) is 2.89. The number of thiophene rings is 1. The normalized spacial score (nSPS) is 10.6. The van der Waals surface area contributed by atoms with Gasteiger partial charge in [-0.1, -0.05) is 11.8 Å². The highest BCUT2D eigenvalue weighted by Crippen LogP contribution is 2.19. The molecule has 0 aromatic carbocycles. The standard InChI is InChI=1S/C16H19NO2S/c1-13-14(8-10-19-13)11-17(2)12-16-7-6-15(20-16)5-3-4-9-18/h6-8,10,18H,4,9,11-12H2,1-2H3. The van der Waals surface area contributed by atoms with Crippen molar-refractivity contribution in [2.45, 2.75) is 26.4 Å². The Hall–Kier alpha value is -1.54. The molecule has 0 spiro atoms. The molecule has 106 valence electrons. The van der Waals surface area contributed by atoms with Crippen molar-refractivity contribution in [3.63, 3.8) is 0 Å². The smallest absolute Gasteiger partial charge is 0.105 e. The monoisotopic (exact) mass is 289 g/mol. The van der Waals surface area contributed by atoms with Gasteiger partial charge in [-0.05, 0) is 32.2 Å². The number of aliphatic hydroxyl groups is 1. The van der Waals surface area contributed by atoms with E-state index in [4.69, 9.17) is 9.52 Å². The fraction of sp³-hybridized carbons (Fsp3) is 0.375. The lowest BCUT2D eigenvalue weighted by molar-refractivity contribution is 0.305. The number of hydrogen-bond donors (Lipinski definition) is 1. The van der Waals surface area contributed by atoms with E-state index in [2.05, 4.69) is 29.9 Å². The van der Waals surface area contributed by atoms with Crippen molar-refractivity contribution in [3.8, 4) is 11.8 Å². The zero-order valence-corrected chi connectivity index (χ0v) is 12.7. The van der Waals surface area contributed by atoms with E-state index in [0.717, 1.165) is 23.7 Å². The molecule has 1 N–H and O–H groups in total. The molecule has 2 aromatic heterocycles. The van der Waals surface area contributed by atoms with Crippen LogP contribution in [0.15, 0.2) is 28.9 Å². The molecule has 0 aliphatic rings. The van der Waals surface area contributed by atoms with Crippen LogP contribution in [0.25, 0.3) is 0 Å². The lowest BCUT2D eigenvalue weighted by atomic mass is 10.2. The number of aryl methyl sites for hydroxylation is 1. The molecule has 3 nitrogen and oxygen atoms in total. The van der Waals surface area contributed by atoms with Gasteiger partial charge in [-0.2, -0.15) is 0 Å². The SMILES string of the molecule is Cc1occc1CN(C)Cc1ccc(C#CCCO)s1. The predicted octanol–water partition coefficient (Wildman–Crippen LogP) is 3.02. The van der Waals surface area contributed by atoms with Crippen molar-refractivity contribution in [1.29, 1.82) is 0 Å². The molecule has 0 radical (unpaired) electrons. The first-order chi connectivity index (χ1) is 9.69. The van der Waals surface area contributed by atoms with Crippen LogP contribution in [0, 0.1) is 18.8 Å². The van der Waals surface area contributed by atoms with Crippen LogP contribution in [-0.4, -0.2) is 23.7 Å². The summed E-state index contributed by atoms with van der Waals surface area (Å²) in [6.07, 6.45) is 2.27. The van der Waals surface area contributed by atoms with Gasteiger partial charge in [0.05, 0.1) is 17.7 Å². The van der Waals surface area contributed by atoms with Gasteiger partial charge in [-0.25, -0.2) is 0 Å². The highest BCUT2D eigenvalue weighted by molar-refractivity contribution is 7.12. The summed E-state index contributed by atoms with van der Waals surface area (Å²) in [4.78, 5) is 4.61. The Morgan fingerprint density at radius 1 is 1.30 bits per heavy atom. The van der Waals surface area contributed by atoms with Gasteiger partial charge in [-0.15, -0.1) is 11.3 Å². The average Bonchev–Trinajstić information content (AvgIpc) is 3.00. The summed E-state index contributed by atoms with van der Waals surface area (Å²) >= 11 is 1.71. The third-order valence-corrected chi connectivity index (χ3v) is 3.93. The quantitative estimate of drug-likeness (QED) is 0.860. The van der Waals surface area contributed by atoms with Crippen molar-refractivity contribution >= 4 is 11.3 Å². The molecule has 0 atom stereocenters. The Morgan fingerprint density at radius 2 is 2.15 bits per heavy atom. The van der Waals surface area contributed by atoms with E-state index in [9.17, 15) is 0 Å². The number of furan rings is 1. The van der Waals surface area contributed by atoms with Crippen LogP contribution >= 0.6 is 11.3 Å². The zero-order chi connectivity index (χ0) is 14.4. The van der Waals surface area contributed by atoms with Gasteiger partial charge in [0.1, 0.15) is 5.76 Å². The lowest BCUT2D eigenvalue weighted by Gasteiger charge is -2.14. The van der Waals surface area contributed by atoms with Crippen LogP contribution in [0.5, 0.6) is 0 Å². The van der Waals surface area contributed by atoms with E-state index >= 15 is 0 Å². The van der Waals surface area contributed by atoms with Gasteiger partial charge in [0.15, 0.2) is 0 Å². The fourth-order valence-electron chi connectivity index (χ4n) is 1.92. The Kier molecular flexibility index (Phi) is 5.42. The van der Waals surface area contributed by atoms with E-state index in [1.165, 1.54) is 10.4 Å². The van der Waals surface area contributed by atoms with Crippen molar-refractivity contribution in [3.05, 3.63) is 45.5 Å². The molecule has 0 aliphatic heterocycles. The number of nitrogens with zero attached hydrogens (tertiary/aromatic N) is 1. The molecule has 0 saturated heterocycles. The van der Waals surface area contributed by atoms with Crippen molar-refractivity contribution in [1.82, 2.24) is 4.90 Å². The first-order valence-electron chi connectivity index (χ1n) is 6.59. The molecule has 0 unspecified atom stereocenters. The highest BCUT2D eigenvalue weighted by atomic mass is 32.1. The number of rotatable bonds is 5. The summed E-state index contributed by atoms with van der Waals surface area (Å²) in [5.74, 6) is 7.00. The number of hydrogen-bond acceptors (Lipinski definition) is 4. The minimum absolute atomic E-state index is 0.123. The van der Waals surface area contributed by atoms with Gasteiger partial charge in [-0.3, -0.25) is 4.90 Å². The summed E-state index contributed by atoms with van der Waals surface area (Å²) in [5, 5.41) is 8.70. The Morgan fingerprint density at radius 3 is 2.85 bits per heavy atom. The second-order valence-corrected chi connectivity index (χ2v) is 5.88. The number of aliphatic hydroxyl groups excluding tert-OH is 1. The van der Waals surface area contributed by atoms with Gasteiger partial charge >= 0.3 is 0 Å². The maximum Gasteiger partial charge on any atom is 0.105 e. The molecule has 0 fully saturated rings. The van der Waals surface area contributed by atoms with E-state index in [-0.39, 0.29) is 6.61 Å². The lowest BCUT2D eigenvalue weighted by Crippen LogP contribution is -2.16. The van der Waals surface area contributed by atoms with Gasteiger partial charge in [0.2, 0.25) is 0 Å². The molecular weight excluding hydrogens is 270 g/mol. The average molecular weight is 289 g/mol. The maximum atomic E-state index is 8.70. The summed E-state index contributed by atoms with van der Waals surface area (Å²) in [5.41, 5.74) is 1.23.